The van der Waals surface area contributed by atoms with Crippen LogP contribution in [-0.4, -0.2) is 12.7 Å². The Hall–Kier alpha value is -0.0400. The summed E-state index contributed by atoms with van der Waals surface area (Å²) < 4.78 is 5.17. The Bertz CT molecular complexity index is 212. The molecule has 1 atom stereocenters. The highest BCUT2D eigenvalue weighted by molar-refractivity contribution is 4.68. The maximum Gasteiger partial charge on any atom is 0.0810 e. The molecule has 1 heteroatoms. The number of rotatable bonds is 18. The third kappa shape index (κ3) is 24.0. The highest BCUT2D eigenvalue weighted by Crippen LogP contribution is 2.18. The van der Waals surface area contributed by atoms with Gasteiger partial charge in [0.05, 0.1) is 12.7 Å². The third-order valence-electron chi connectivity index (χ3n) is 5.24. The Kier molecular flexibility index (Phi) is 22.0. The van der Waals surface area contributed by atoms with Gasteiger partial charge in [-0.15, -0.1) is 0 Å². The topological polar surface area (TPSA) is 12.5 Å². The molecule has 0 amide bonds. The van der Waals surface area contributed by atoms with Gasteiger partial charge in [-0.25, -0.2) is 0 Å². The molecular weight excluding hydrogens is 304 g/mol. The summed E-state index contributed by atoms with van der Waals surface area (Å²) in [5, 5.41) is 0. The van der Waals surface area contributed by atoms with Crippen molar-refractivity contribution in [1.82, 2.24) is 0 Å². The Morgan fingerprint density at radius 2 is 0.760 bits per heavy atom. The van der Waals surface area contributed by atoms with Crippen LogP contribution in [0.3, 0.4) is 0 Å². The molecule has 1 nitrogen and oxygen atoms in total. The van der Waals surface area contributed by atoms with E-state index in [1.54, 1.807) is 0 Å². The number of unbranched alkanes of at least 4 members (excludes halogenated alkanes) is 16. The van der Waals surface area contributed by atoms with Crippen LogP contribution in [0.15, 0.2) is 0 Å². The minimum Gasteiger partial charge on any atom is -0.373 e. The zero-order chi connectivity index (χ0) is 18.4. The summed E-state index contributed by atoms with van der Waals surface area (Å²) in [6.45, 7) is 7.87. The summed E-state index contributed by atoms with van der Waals surface area (Å²) in [6.07, 6.45) is 27.8. The smallest absolute Gasteiger partial charge is 0.0810 e. The zero-order valence-corrected chi connectivity index (χ0v) is 18.1. The number of hydrogen-bond acceptors (Lipinski definition) is 1. The van der Waals surface area contributed by atoms with Gasteiger partial charge in [-0.2, -0.15) is 0 Å². The first-order chi connectivity index (χ1) is 12.3. The third-order valence-corrected chi connectivity index (χ3v) is 5.24. The largest absolute Gasteiger partial charge is 0.373 e. The summed E-state index contributed by atoms with van der Waals surface area (Å²) in [4.78, 5) is 0. The molecule has 1 rings (SSSR count). The quantitative estimate of drug-likeness (QED) is 0.177. The summed E-state index contributed by atoms with van der Waals surface area (Å²) in [7, 11) is 0. The molecule has 0 spiro atoms. The van der Waals surface area contributed by atoms with Crippen LogP contribution in [0.5, 0.6) is 0 Å². The van der Waals surface area contributed by atoms with Crippen molar-refractivity contribution in [3.8, 4) is 0 Å². The second kappa shape index (κ2) is 22.0. The van der Waals surface area contributed by atoms with E-state index in [1.165, 1.54) is 122 Å². The molecule has 1 unspecified atom stereocenters. The van der Waals surface area contributed by atoms with Crippen LogP contribution >= 0.6 is 0 Å². The average Bonchev–Trinajstić information content (AvgIpc) is 3.45. The fourth-order valence-corrected chi connectivity index (χ4v) is 3.30. The molecule has 1 aliphatic rings. The Morgan fingerprint density at radius 3 is 1.04 bits per heavy atom. The second-order valence-corrected chi connectivity index (χ2v) is 8.05. The molecule has 0 aromatic heterocycles. The highest BCUT2D eigenvalue weighted by Gasteiger charge is 2.20. The van der Waals surface area contributed by atoms with E-state index in [0.717, 1.165) is 6.61 Å². The van der Waals surface area contributed by atoms with E-state index in [0.29, 0.717) is 6.10 Å². The maximum atomic E-state index is 5.17. The van der Waals surface area contributed by atoms with E-state index < -0.39 is 0 Å². The molecule has 1 fully saturated rings. The monoisotopic (exact) mass is 354 g/mol. The predicted molar refractivity (Wildman–Crippen MR) is 114 cm³/mol. The molecule has 1 saturated heterocycles. The van der Waals surface area contributed by atoms with E-state index in [4.69, 9.17) is 4.74 Å². The van der Waals surface area contributed by atoms with Gasteiger partial charge >= 0.3 is 0 Å². The van der Waals surface area contributed by atoms with Crippen LogP contribution in [-0.2, 0) is 4.74 Å². The van der Waals surface area contributed by atoms with E-state index in [1.807, 2.05) is 0 Å². The summed E-state index contributed by atoms with van der Waals surface area (Å²) in [6, 6.07) is 0. The predicted octanol–water partition coefficient (Wildman–Crippen LogP) is 8.84. The van der Waals surface area contributed by atoms with Gasteiger partial charge in [-0.1, -0.05) is 136 Å². The van der Waals surface area contributed by atoms with Gasteiger partial charge in [0.1, 0.15) is 0 Å². The van der Waals surface area contributed by atoms with Crippen LogP contribution in [0.1, 0.15) is 143 Å². The lowest BCUT2D eigenvalue weighted by Gasteiger charge is -1.99. The Labute approximate surface area is 160 Å². The van der Waals surface area contributed by atoms with Gasteiger partial charge < -0.3 is 4.74 Å². The van der Waals surface area contributed by atoms with E-state index >= 15 is 0 Å². The first kappa shape index (κ1) is 25.0. The van der Waals surface area contributed by atoms with E-state index in [-0.39, 0.29) is 0 Å². The fourth-order valence-electron chi connectivity index (χ4n) is 3.30. The molecule has 152 valence electrons. The van der Waals surface area contributed by atoms with Gasteiger partial charge in [0.15, 0.2) is 0 Å². The second-order valence-electron chi connectivity index (χ2n) is 8.05. The van der Waals surface area contributed by atoms with Crippen molar-refractivity contribution in [1.29, 1.82) is 0 Å². The first-order valence-electron chi connectivity index (χ1n) is 12.0. The molecule has 25 heavy (non-hydrogen) atoms. The number of hydrogen-bond donors (Lipinski definition) is 0. The van der Waals surface area contributed by atoms with Crippen molar-refractivity contribution in [3.63, 3.8) is 0 Å². The fraction of sp³-hybridized carbons (Fsp3) is 1.00. The minimum atomic E-state index is 0.653. The number of epoxide rings is 1. The summed E-state index contributed by atoms with van der Waals surface area (Å²) >= 11 is 0. The first-order valence-corrected chi connectivity index (χ1v) is 12.0. The Balaban J connectivity index is 0.000000463. The lowest BCUT2D eigenvalue weighted by atomic mass is 10.1. The highest BCUT2D eigenvalue weighted by atomic mass is 16.6. The van der Waals surface area contributed by atoms with E-state index in [9.17, 15) is 0 Å². The lowest BCUT2D eigenvalue weighted by molar-refractivity contribution is 0.387. The van der Waals surface area contributed by atoms with Crippen LogP contribution in [0.2, 0.25) is 0 Å². The number of ether oxygens (including phenoxy) is 1. The summed E-state index contributed by atoms with van der Waals surface area (Å²) in [5.74, 6) is 0. The van der Waals surface area contributed by atoms with Gasteiger partial charge in [-0.3, -0.25) is 0 Å². The summed E-state index contributed by atoms with van der Waals surface area (Å²) in [5.41, 5.74) is 0. The van der Waals surface area contributed by atoms with Crippen LogP contribution in [0.25, 0.3) is 0 Å². The normalized spacial score (nSPS) is 15.7. The van der Waals surface area contributed by atoms with Gasteiger partial charge in [0.2, 0.25) is 0 Å². The van der Waals surface area contributed by atoms with Crippen molar-refractivity contribution in [2.45, 2.75) is 149 Å². The van der Waals surface area contributed by atoms with Crippen molar-refractivity contribution in [2.24, 2.45) is 0 Å². The zero-order valence-electron chi connectivity index (χ0n) is 18.1. The van der Waals surface area contributed by atoms with Gasteiger partial charge in [-0.05, 0) is 6.42 Å². The van der Waals surface area contributed by atoms with Crippen molar-refractivity contribution >= 4 is 0 Å². The van der Waals surface area contributed by atoms with Crippen LogP contribution in [0.4, 0.5) is 0 Å². The average molecular weight is 355 g/mol. The van der Waals surface area contributed by atoms with Crippen LogP contribution in [0, 0.1) is 0 Å². The molecule has 0 aromatic carbocycles. The molecule has 0 saturated carbocycles. The molecule has 1 aliphatic heterocycles. The van der Waals surface area contributed by atoms with Crippen molar-refractivity contribution in [2.75, 3.05) is 6.61 Å². The van der Waals surface area contributed by atoms with Crippen molar-refractivity contribution in [3.05, 3.63) is 0 Å². The van der Waals surface area contributed by atoms with Gasteiger partial charge in [0.25, 0.3) is 0 Å². The van der Waals surface area contributed by atoms with Crippen LogP contribution < -0.4 is 0 Å². The molecule has 0 bridgehead atoms. The standard InChI is InChI=1S/C12H24O.C12H26/c1-2-3-4-5-6-7-8-9-10-12-11-13-12;1-3-5-7-9-11-12-10-8-6-4-2/h12H,2-11H2,1H3;3-12H2,1-2H3. The van der Waals surface area contributed by atoms with Gasteiger partial charge in [0, 0.05) is 0 Å². The molecule has 0 radical (unpaired) electrons. The molecular formula is C24H50O. The SMILES string of the molecule is CCCCCCCCCCC1CO1.CCCCCCCCCCCC. The molecule has 1 heterocycles. The minimum absolute atomic E-state index is 0.653. The molecule has 0 aromatic rings. The van der Waals surface area contributed by atoms with E-state index in [2.05, 4.69) is 20.8 Å². The molecule has 0 N–H and O–H groups in total. The lowest BCUT2D eigenvalue weighted by Crippen LogP contribution is -1.85. The molecule has 0 aliphatic carbocycles. The Morgan fingerprint density at radius 1 is 0.480 bits per heavy atom. The van der Waals surface area contributed by atoms with Crippen molar-refractivity contribution < 1.29 is 4.74 Å². The maximum absolute atomic E-state index is 5.17.